The van der Waals surface area contributed by atoms with Gasteiger partial charge in [-0.1, -0.05) is 62.4 Å². The molecular formula is C15H17P. The fraction of sp³-hybridized carbons (Fsp3) is 0.200. The Morgan fingerprint density at radius 3 is 1.62 bits per heavy atom. The third kappa shape index (κ3) is 2.51. The van der Waals surface area contributed by atoms with Crippen molar-refractivity contribution in [3.63, 3.8) is 0 Å². The summed E-state index contributed by atoms with van der Waals surface area (Å²) in [6, 6.07) is 17.4. The average molecular weight is 228 g/mol. The number of rotatable bonds is 2. The van der Waals surface area contributed by atoms with Crippen molar-refractivity contribution in [2.75, 3.05) is 0 Å². The van der Waals surface area contributed by atoms with Gasteiger partial charge < -0.3 is 0 Å². The van der Waals surface area contributed by atoms with E-state index in [1.165, 1.54) is 22.0 Å². The lowest BCUT2D eigenvalue weighted by molar-refractivity contribution is 0.867. The first kappa shape index (κ1) is 11.4. The Kier molecular flexibility index (Phi) is 3.41. The van der Waals surface area contributed by atoms with Crippen LogP contribution in [-0.2, 0) is 0 Å². The molecule has 0 saturated carbocycles. The van der Waals surface area contributed by atoms with Crippen LogP contribution in [-0.4, -0.2) is 0 Å². The molecule has 16 heavy (non-hydrogen) atoms. The summed E-state index contributed by atoms with van der Waals surface area (Å²) in [6.45, 7) is 4.44. The molecule has 0 N–H and O–H groups in total. The zero-order chi connectivity index (χ0) is 11.5. The highest BCUT2D eigenvalue weighted by molar-refractivity contribution is 7.27. The van der Waals surface area contributed by atoms with Gasteiger partial charge in [0.15, 0.2) is 0 Å². The van der Waals surface area contributed by atoms with E-state index in [4.69, 9.17) is 0 Å². The van der Waals surface area contributed by atoms with Crippen LogP contribution in [0.3, 0.4) is 0 Å². The SMILES string of the molecule is CC(C)c1ccc(-c2ccc(P)cc2)cc1. The molecule has 82 valence electrons. The summed E-state index contributed by atoms with van der Waals surface area (Å²) in [5.41, 5.74) is 3.96. The summed E-state index contributed by atoms with van der Waals surface area (Å²) in [6.07, 6.45) is 0. The Morgan fingerprint density at radius 1 is 0.750 bits per heavy atom. The molecule has 2 aromatic rings. The van der Waals surface area contributed by atoms with Gasteiger partial charge in [-0.3, -0.25) is 0 Å². The van der Waals surface area contributed by atoms with Gasteiger partial charge in [0.25, 0.3) is 0 Å². The van der Waals surface area contributed by atoms with Crippen LogP contribution in [0.4, 0.5) is 0 Å². The van der Waals surface area contributed by atoms with E-state index in [0.717, 1.165) is 0 Å². The second-order valence-corrected chi connectivity index (χ2v) is 5.07. The van der Waals surface area contributed by atoms with Crippen molar-refractivity contribution in [2.24, 2.45) is 0 Å². The van der Waals surface area contributed by atoms with Crippen molar-refractivity contribution in [1.82, 2.24) is 0 Å². The minimum Gasteiger partial charge on any atom is -0.106 e. The highest BCUT2D eigenvalue weighted by atomic mass is 31.0. The van der Waals surface area contributed by atoms with E-state index in [2.05, 4.69) is 71.6 Å². The van der Waals surface area contributed by atoms with Gasteiger partial charge in [0, 0.05) is 0 Å². The van der Waals surface area contributed by atoms with Crippen LogP contribution in [0.25, 0.3) is 11.1 Å². The minimum atomic E-state index is 0.600. The minimum absolute atomic E-state index is 0.600. The predicted octanol–water partition coefficient (Wildman–Crippen LogP) is 3.98. The highest BCUT2D eigenvalue weighted by Crippen LogP contribution is 2.22. The topological polar surface area (TPSA) is 0 Å². The molecule has 0 bridgehead atoms. The maximum absolute atomic E-state index is 2.71. The lowest BCUT2D eigenvalue weighted by atomic mass is 9.99. The van der Waals surface area contributed by atoms with Crippen molar-refractivity contribution in [3.05, 3.63) is 54.1 Å². The van der Waals surface area contributed by atoms with Gasteiger partial charge in [-0.15, -0.1) is 9.24 Å². The normalized spacial score (nSPS) is 10.8. The third-order valence-electron chi connectivity index (χ3n) is 2.82. The van der Waals surface area contributed by atoms with Gasteiger partial charge in [0.1, 0.15) is 0 Å². The first-order valence-electron chi connectivity index (χ1n) is 5.62. The van der Waals surface area contributed by atoms with E-state index in [1.54, 1.807) is 0 Å². The highest BCUT2D eigenvalue weighted by Gasteiger charge is 2.00. The standard InChI is InChI=1S/C15H17P/c1-11(2)12-3-5-13(6-4-12)14-7-9-15(16)10-8-14/h3-11H,16H2,1-2H3. The zero-order valence-corrected chi connectivity index (χ0v) is 10.9. The van der Waals surface area contributed by atoms with Crippen LogP contribution < -0.4 is 5.30 Å². The molecule has 2 aromatic carbocycles. The molecule has 1 heteroatoms. The quantitative estimate of drug-likeness (QED) is 0.682. The van der Waals surface area contributed by atoms with Crippen LogP contribution in [0.1, 0.15) is 25.3 Å². The van der Waals surface area contributed by atoms with Crippen LogP contribution in [0.2, 0.25) is 0 Å². The maximum Gasteiger partial charge on any atom is -0.0184 e. The van der Waals surface area contributed by atoms with Crippen molar-refractivity contribution in [1.29, 1.82) is 0 Å². The van der Waals surface area contributed by atoms with Gasteiger partial charge in [-0.05, 0) is 27.9 Å². The molecule has 0 aromatic heterocycles. The summed E-state index contributed by atoms with van der Waals surface area (Å²) < 4.78 is 0. The Bertz CT molecular complexity index is 452. The Labute approximate surface area is 99.9 Å². The Hall–Kier alpha value is -1.13. The summed E-state index contributed by atoms with van der Waals surface area (Å²) in [4.78, 5) is 0. The smallest absolute Gasteiger partial charge is 0.0184 e. The molecular weight excluding hydrogens is 211 g/mol. The van der Waals surface area contributed by atoms with Gasteiger partial charge in [0.05, 0.1) is 0 Å². The summed E-state index contributed by atoms with van der Waals surface area (Å²) in [5, 5.41) is 1.22. The van der Waals surface area contributed by atoms with Crippen molar-refractivity contribution in [3.8, 4) is 11.1 Å². The average Bonchev–Trinajstić information content (AvgIpc) is 2.30. The molecule has 0 radical (unpaired) electrons. The molecule has 0 saturated heterocycles. The zero-order valence-electron chi connectivity index (χ0n) is 9.77. The summed E-state index contributed by atoms with van der Waals surface area (Å²) in [5.74, 6) is 0.600. The van der Waals surface area contributed by atoms with Gasteiger partial charge in [-0.2, -0.15) is 0 Å². The number of hydrogen-bond acceptors (Lipinski definition) is 0. The van der Waals surface area contributed by atoms with Gasteiger partial charge in [0.2, 0.25) is 0 Å². The number of hydrogen-bond donors (Lipinski definition) is 0. The van der Waals surface area contributed by atoms with E-state index in [1.807, 2.05) is 0 Å². The fourth-order valence-electron chi connectivity index (χ4n) is 1.74. The maximum atomic E-state index is 2.71. The van der Waals surface area contributed by atoms with Crippen molar-refractivity contribution >= 4 is 14.5 Å². The molecule has 0 aliphatic carbocycles. The summed E-state index contributed by atoms with van der Waals surface area (Å²) >= 11 is 0. The molecule has 0 nitrogen and oxygen atoms in total. The number of benzene rings is 2. The predicted molar refractivity (Wildman–Crippen MR) is 75.3 cm³/mol. The molecule has 0 aliphatic heterocycles. The monoisotopic (exact) mass is 228 g/mol. The van der Waals surface area contributed by atoms with Gasteiger partial charge >= 0.3 is 0 Å². The van der Waals surface area contributed by atoms with Gasteiger partial charge in [-0.25, -0.2) is 0 Å². The molecule has 0 amide bonds. The Morgan fingerprint density at radius 2 is 1.19 bits per heavy atom. The van der Waals surface area contributed by atoms with E-state index in [-0.39, 0.29) is 0 Å². The lowest BCUT2D eigenvalue weighted by Gasteiger charge is -2.07. The van der Waals surface area contributed by atoms with Crippen molar-refractivity contribution in [2.45, 2.75) is 19.8 Å². The third-order valence-corrected chi connectivity index (χ3v) is 3.21. The molecule has 0 fully saturated rings. The second kappa shape index (κ2) is 4.80. The molecule has 0 spiro atoms. The van der Waals surface area contributed by atoms with E-state index < -0.39 is 0 Å². The largest absolute Gasteiger partial charge is 0.106 e. The van der Waals surface area contributed by atoms with E-state index in [9.17, 15) is 0 Å². The lowest BCUT2D eigenvalue weighted by Crippen LogP contribution is -1.89. The van der Waals surface area contributed by atoms with Crippen LogP contribution in [0, 0.1) is 0 Å². The van der Waals surface area contributed by atoms with E-state index in [0.29, 0.717) is 5.92 Å². The second-order valence-electron chi connectivity index (χ2n) is 4.40. The molecule has 0 aliphatic rings. The first-order valence-corrected chi connectivity index (χ1v) is 6.20. The van der Waals surface area contributed by atoms with Crippen LogP contribution in [0.5, 0.6) is 0 Å². The molecule has 0 heterocycles. The summed E-state index contributed by atoms with van der Waals surface area (Å²) in [7, 11) is 2.71. The van der Waals surface area contributed by atoms with Crippen LogP contribution in [0.15, 0.2) is 48.5 Å². The molecule has 2 rings (SSSR count). The first-order chi connectivity index (χ1) is 7.66. The van der Waals surface area contributed by atoms with Crippen LogP contribution >= 0.6 is 9.24 Å². The molecule has 1 unspecified atom stereocenters. The Balaban J connectivity index is 2.31. The fourth-order valence-corrected chi connectivity index (χ4v) is 1.93. The van der Waals surface area contributed by atoms with Crippen molar-refractivity contribution < 1.29 is 0 Å². The van der Waals surface area contributed by atoms with E-state index >= 15 is 0 Å². The molecule has 1 atom stereocenters.